The second kappa shape index (κ2) is 6.95. The average molecular weight is 239 g/mol. The van der Waals surface area contributed by atoms with Crippen LogP contribution in [0.3, 0.4) is 0 Å². The summed E-state index contributed by atoms with van der Waals surface area (Å²) < 4.78 is 5.49. The van der Waals surface area contributed by atoms with Crippen LogP contribution in [-0.4, -0.2) is 61.3 Å². The SMILES string of the molecule is CCCOCCN1CCN(C(C)(C)C#N)CC1. The van der Waals surface area contributed by atoms with Crippen molar-refractivity contribution in [2.45, 2.75) is 32.7 Å². The first-order chi connectivity index (χ1) is 8.10. The quantitative estimate of drug-likeness (QED) is 0.656. The van der Waals surface area contributed by atoms with Gasteiger partial charge in [-0.1, -0.05) is 6.92 Å². The molecular formula is C13H25N3O. The van der Waals surface area contributed by atoms with Gasteiger partial charge in [0, 0.05) is 39.3 Å². The van der Waals surface area contributed by atoms with Gasteiger partial charge in [-0.05, 0) is 20.3 Å². The van der Waals surface area contributed by atoms with Crippen LogP contribution in [0.4, 0.5) is 0 Å². The molecule has 0 saturated carbocycles. The second-order valence-corrected chi connectivity index (χ2v) is 5.11. The number of nitrogens with zero attached hydrogens (tertiary/aromatic N) is 3. The van der Waals surface area contributed by atoms with Crippen LogP contribution in [0.1, 0.15) is 27.2 Å². The molecule has 0 radical (unpaired) electrons. The van der Waals surface area contributed by atoms with Gasteiger partial charge in [-0.3, -0.25) is 9.80 Å². The van der Waals surface area contributed by atoms with Crippen molar-refractivity contribution in [1.82, 2.24) is 9.80 Å². The number of hydrogen-bond acceptors (Lipinski definition) is 4. The van der Waals surface area contributed by atoms with Crippen LogP contribution >= 0.6 is 0 Å². The Kier molecular flexibility index (Phi) is 5.90. The number of nitriles is 1. The molecule has 17 heavy (non-hydrogen) atoms. The van der Waals surface area contributed by atoms with Crippen molar-refractivity contribution in [1.29, 1.82) is 5.26 Å². The Morgan fingerprint density at radius 2 is 1.82 bits per heavy atom. The third-order valence-corrected chi connectivity index (χ3v) is 3.34. The molecule has 0 aromatic heterocycles. The highest BCUT2D eigenvalue weighted by molar-refractivity contribution is 5.02. The van der Waals surface area contributed by atoms with Gasteiger partial charge in [0.05, 0.1) is 12.7 Å². The van der Waals surface area contributed by atoms with E-state index in [1.807, 2.05) is 13.8 Å². The third-order valence-electron chi connectivity index (χ3n) is 3.34. The summed E-state index contributed by atoms with van der Waals surface area (Å²) in [5.41, 5.74) is -0.329. The summed E-state index contributed by atoms with van der Waals surface area (Å²) in [6.45, 7) is 12.9. The second-order valence-electron chi connectivity index (χ2n) is 5.11. The van der Waals surface area contributed by atoms with E-state index in [2.05, 4.69) is 22.8 Å². The molecule has 0 atom stereocenters. The zero-order chi connectivity index (χ0) is 12.7. The summed E-state index contributed by atoms with van der Waals surface area (Å²) in [7, 11) is 0. The van der Waals surface area contributed by atoms with Gasteiger partial charge in [0.15, 0.2) is 0 Å². The van der Waals surface area contributed by atoms with Crippen LogP contribution in [0.15, 0.2) is 0 Å². The monoisotopic (exact) mass is 239 g/mol. The van der Waals surface area contributed by atoms with Crippen molar-refractivity contribution in [2.24, 2.45) is 0 Å². The summed E-state index contributed by atoms with van der Waals surface area (Å²) >= 11 is 0. The first-order valence-electron chi connectivity index (χ1n) is 6.56. The average Bonchev–Trinajstić information content (AvgIpc) is 2.35. The molecule has 0 bridgehead atoms. The van der Waals surface area contributed by atoms with E-state index in [1.54, 1.807) is 0 Å². The summed E-state index contributed by atoms with van der Waals surface area (Å²) in [5, 5.41) is 9.09. The highest BCUT2D eigenvalue weighted by Crippen LogP contribution is 2.15. The number of piperazine rings is 1. The van der Waals surface area contributed by atoms with E-state index in [1.165, 1.54) is 0 Å². The first-order valence-corrected chi connectivity index (χ1v) is 6.56. The van der Waals surface area contributed by atoms with Crippen LogP contribution in [0.2, 0.25) is 0 Å². The Hall–Kier alpha value is -0.630. The predicted octanol–water partition coefficient (Wildman–Crippen LogP) is 1.33. The van der Waals surface area contributed by atoms with E-state index in [0.29, 0.717) is 0 Å². The maximum absolute atomic E-state index is 9.09. The molecule has 1 fully saturated rings. The summed E-state index contributed by atoms with van der Waals surface area (Å²) in [4.78, 5) is 4.68. The highest BCUT2D eigenvalue weighted by atomic mass is 16.5. The van der Waals surface area contributed by atoms with Gasteiger partial charge in [-0.25, -0.2) is 0 Å². The summed E-state index contributed by atoms with van der Waals surface area (Å²) in [6.07, 6.45) is 1.09. The summed E-state index contributed by atoms with van der Waals surface area (Å²) in [6, 6.07) is 2.37. The molecule has 4 heteroatoms. The van der Waals surface area contributed by atoms with Crippen molar-refractivity contribution >= 4 is 0 Å². The first kappa shape index (κ1) is 14.4. The van der Waals surface area contributed by atoms with Crippen molar-refractivity contribution in [3.05, 3.63) is 0 Å². The maximum Gasteiger partial charge on any atom is 0.103 e. The molecule has 0 spiro atoms. The van der Waals surface area contributed by atoms with E-state index < -0.39 is 0 Å². The molecule has 0 N–H and O–H groups in total. The Morgan fingerprint density at radius 3 is 2.35 bits per heavy atom. The van der Waals surface area contributed by atoms with E-state index in [9.17, 15) is 0 Å². The number of ether oxygens (including phenoxy) is 1. The van der Waals surface area contributed by atoms with Gasteiger partial charge in [0.2, 0.25) is 0 Å². The van der Waals surface area contributed by atoms with Gasteiger partial charge < -0.3 is 4.74 Å². The molecule has 98 valence electrons. The smallest absolute Gasteiger partial charge is 0.103 e. The minimum atomic E-state index is -0.329. The normalized spacial score (nSPS) is 19.2. The summed E-state index contributed by atoms with van der Waals surface area (Å²) in [5.74, 6) is 0. The minimum absolute atomic E-state index is 0.329. The van der Waals surface area contributed by atoms with Crippen LogP contribution in [0.25, 0.3) is 0 Å². The molecule has 1 saturated heterocycles. The van der Waals surface area contributed by atoms with Crippen LogP contribution in [0.5, 0.6) is 0 Å². The van der Waals surface area contributed by atoms with Crippen molar-refractivity contribution in [3.8, 4) is 6.07 Å². The lowest BCUT2D eigenvalue weighted by atomic mass is 10.0. The number of hydrogen-bond donors (Lipinski definition) is 0. The lowest BCUT2D eigenvalue weighted by Crippen LogP contribution is -2.54. The van der Waals surface area contributed by atoms with Gasteiger partial charge >= 0.3 is 0 Å². The molecule has 1 aliphatic rings. The fourth-order valence-corrected chi connectivity index (χ4v) is 2.04. The topological polar surface area (TPSA) is 39.5 Å². The van der Waals surface area contributed by atoms with Crippen molar-refractivity contribution in [2.75, 3.05) is 45.9 Å². The van der Waals surface area contributed by atoms with Gasteiger partial charge in [0.1, 0.15) is 5.54 Å². The van der Waals surface area contributed by atoms with Crippen LogP contribution in [-0.2, 0) is 4.74 Å². The molecule has 0 aromatic rings. The van der Waals surface area contributed by atoms with Crippen LogP contribution in [0, 0.1) is 11.3 Å². The molecule has 1 heterocycles. The Balaban J connectivity index is 2.20. The fourth-order valence-electron chi connectivity index (χ4n) is 2.04. The minimum Gasteiger partial charge on any atom is -0.380 e. The van der Waals surface area contributed by atoms with Crippen molar-refractivity contribution in [3.63, 3.8) is 0 Å². The van der Waals surface area contributed by atoms with E-state index in [4.69, 9.17) is 10.00 Å². The van der Waals surface area contributed by atoms with Gasteiger partial charge in [-0.15, -0.1) is 0 Å². The fraction of sp³-hybridized carbons (Fsp3) is 0.923. The van der Waals surface area contributed by atoms with E-state index >= 15 is 0 Å². The van der Waals surface area contributed by atoms with E-state index in [-0.39, 0.29) is 5.54 Å². The molecule has 0 aliphatic carbocycles. The molecule has 0 amide bonds. The van der Waals surface area contributed by atoms with E-state index in [0.717, 1.165) is 52.4 Å². The Bertz CT molecular complexity index is 252. The maximum atomic E-state index is 9.09. The number of rotatable bonds is 6. The Morgan fingerprint density at radius 1 is 1.18 bits per heavy atom. The van der Waals surface area contributed by atoms with Crippen molar-refractivity contribution < 1.29 is 4.74 Å². The highest BCUT2D eigenvalue weighted by Gasteiger charge is 2.29. The largest absolute Gasteiger partial charge is 0.380 e. The standard InChI is InChI=1S/C13H25N3O/c1-4-10-17-11-9-15-5-7-16(8-6-15)13(2,3)12-14/h4-11H2,1-3H3. The van der Waals surface area contributed by atoms with Gasteiger partial charge in [0.25, 0.3) is 0 Å². The lowest BCUT2D eigenvalue weighted by molar-refractivity contribution is 0.0526. The van der Waals surface area contributed by atoms with Gasteiger partial charge in [-0.2, -0.15) is 5.26 Å². The third kappa shape index (κ3) is 4.63. The molecular weight excluding hydrogens is 214 g/mol. The zero-order valence-corrected chi connectivity index (χ0v) is 11.4. The molecule has 1 rings (SSSR count). The molecule has 1 aliphatic heterocycles. The zero-order valence-electron chi connectivity index (χ0n) is 11.4. The Labute approximate surface area is 105 Å². The van der Waals surface area contributed by atoms with Crippen LogP contribution < -0.4 is 0 Å². The molecule has 0 unspecified atom stereocenters. The molecule has 0 aromatic carbocycles. The lowest BCUT2D eigenvalue weighted by Gasteiger charge is -2.40. The predicted molar refractivity (Wildman–Crippen MR) is 68.8 cm³/mol. The molecule has 4 nitrogen and oxygen atoms in total.